The van der Waals surface area contributed by atoms with Crippen LogP contribution in [0, 0.1) is 24.2 Å². The lowest BCUT2D eigenvalue weighted by Crippen LogP contribution is -2.39. The van der Waals surface area contributed by atoms with Gasteiger partial charge in [-0.2, -0.15) is 5.26 Å². The Kier molecular flexibility index (Phi) is 8.46. The summed E-state index contributed by atoms with van der Waals surface area (Å²) in [4.78, 5) is 30.9. The number of aromatic nitrogens is 1. The van der Waals surface area contributed by atoms with Gasteiger partial charge in [0.2, 0.25) is 0 Å². The summed E-state index contributed by atoms with van der Waals surface area (Å²) in [7, 11) is 1.70. The van der Waals surface area contributed by atoms with Crippen LogP contribution in [0.1, 0.15) is 40.7 Å². The van der Waals surface area contributed by atoms with Gasteiger partial charge < -0.3 is 4.90 Å². The largest absolute Gasteiger partial charge is 0.357 e. The number of carbonyl (C=O) groups is 1. The van der Waals surface area contributed by atoms with E-state index < -0.39 is 0 Å². The smallest absolute Gasteiger partial charge is 0.270 e. The van der Waals surface area contributed by atoms with Crippen LogP contribution in [0.2, 0.25) is 5.02 Å². The van der Waals surface area contributed by atoms with Crippen LogP contribution in [-0.2, 0) is 24.8 Å². The number of amides is 1. The second-order valence-corrected chi connectivity index (χ2v) is 12.3. The number of nitriles is 1. The second-order valence-electron chi connectivity index (χ2n) is 10.2. The molecular formula is C31H29ClN4O2S2. The predicted molar refractivity (Wildman–Crippen MR) is 166 cm³/mol. The van der Waals surface area contributed by atoms with Crippen LogP contribution in [0.5, 0.6) is 0 Å². The number of thiocarbonyl (C=S) groups is 1. The van der Waals surface area contributed by atoms with Crippen LogP contribution in [0.4, 0.5) is 5.82 Å². The van der Waals surface area contributed by atoms with Crippen molar-refractivity contribution in [3.8, 4) is 6.07 Å². The Labute approximate surface area is 248 Å². The fourth-order valence-electron chi connectivity index (χ4n) is 5.45. The number of carbonyl (C=O) groups excluding carboxylic acids is 1. The molecule has 2 aliphatic rings. The van der Waals surface area contributed by atoms with Crippen molar-refractivity contribution in [2.75, 3.05) is 18.0 Å². The molecule has 0 N–H and O–H groups in total. The molecule has 1 amide bonds. The fourth-order valence-corrected chi connectivity index (χ4v) is 6.89. The van der Waals surface area contributed by atoms with E-state index in [1.807, 2.05) is 24.3 Å². The molecule has 2 aliphatic heterocycles. The van der Waals surface area contributed by atoms with E-state index in [0.717, 1.165) is 43.7 Å². The topological polar surface area (TPSA) is 69.3 Å². The minimum absolute atomic E-state index is 0.0861. The van der Waals surface area contributed by atoms with E-state index in [1.54, 1.807) is 35.6 Å². The average molecular weight is 589 g/mol. The van der Waals surface area contributed by atoms with Crippen molar-refractivity contribution in [1.82, 2.24) is 9.47 Å². The SMILES string of the molecule is Cc1c(C=C2SC(=S)N(Cc3ccccc3Cl)C2=O)c(N2CCC(Cc3ccccc3)CC2)n(C)c(=O)c1C#N. The Hall–Kier alpha value is -3.38. The van der Waals surface area contributed by atoms with Crippen molar-refractivity contribution in [1.29, 1.82) is 5.26 Å². The molecule has 40 heavy (non-hydrogen) atoms. The number of hydrogen-bond donors (Lipinski definition) is 0. The van der Waals surface area contributed by atoms with Crippen molar-refractivity contribution in [2.24, 2.45) is 13.0 Å². The van der Waals surface area contributed by atoms with Crippen molar-refractivity contribution in [2.45, 2.75) is 32.7 Å². The minimum Gasteiger partial charge on any atom is -0.357 e. The molecule has 0 unspecified atom stereocenters. The lowest BCUT2D eigenvalue weighted by Gasteiger charge is -2.36. The van der Waals surface area contributed by atoms with E-state index in [1.165, 1.54) is 17.3 Å². The predicted octanol–water partition coefficient (Wildman–Crippen LogP) is 6.08. The molecule has 0 spiro atoms. The standard InChI is InChI=1S/C31H29ClN4O2S2/c1-20-24(17-27-30(38)36(31(39)40-27)19-23-10-6-7-11-26(23)32)28(34(2)29(37)25(20)18-33)35-14-12-22(13-15-35)16-21-8-4-3-5-9-21/h3-11,17,22H,12-16,19H2,1-2H3. The second kappa shape index (κ2) is 12.0. The number of piperidine rings is 1. The first-order valence-electron chi connectivity index (χ1n) is 13.2. The molecule has 0 radical (unpaired) electrons. The van der Waals surface area contributed by atoms with E-state index in [2.05, 4.69) is 35.2 Å². The maximum absolute atomic E-state index is 13.5. The molecule has 0 saturated carbocycles. The first-order valence-corrected chi connectivity index (χ1v) is 14.8. The van der Waals surface area contributed by atoms with Gasteiger partial charge in [0.15, 0.2) is 0 Å². The minimum atomic E-state index is -0.329. The van der Waals surface area contributed by atoms with Gasteiger partial charge in [0.1, 0.15) is 21.8 Å². The van der Waals surface area contributed by atoms with E-state index in [0.29, 0.717) is 31.3 Å². The molecule has 2 saturated heterocycles. The monoisotopic (exact) mass is 588 g/mol. The van der Waals surface area contributed by atoms with Gasteiger partial charge in [-0.25, -0.2) is 0 Å². The van der Waals surface area contributed by atoms with Gasteiger partial charge in [-0.3, -0.25) is 19.1 Å². The molecule has 0 aliphatic carbocycles. The summed E-state index contributed by atoms with van der Waals surface area (Å²) in [6.07, 6.45) is 4.80. The molecule has 3 aromatic rings. The zero-order valence-electron chi connectivity index (χ0n) is 22.4. The van der Waals surface area contributed by atoms with E-state index in [9.17, 15) is 14.9 Å². The van der Waals surface area contributed by atoms with Crippen LogP contribution < -0.4 is 10.5 Å². The van der Waals surface area contributed by atoms with E-state index in [4.69, 9.17) is 23.8 Å². The summed E-state index contributed by atoms with van der Waals surface area (Å²) in [5.41, 5.74) is 3.18. The van der Waals surface area contributed by atoms with Crippen LogP contribution in [0.15, 0.2) is 64.3 Å². The number of hydrogen-bond acceptors (Lipinski definition) is 6. The number of pyridine rings is 1. The van der Waals surface area contributed by atoms with Crippen molar-refractivity contribution < 1.29 is 4.79 Å². The summed E-state index contributed by atoms with van der Waals surface area (Å²) in [5.74, 6) is 1.07. The van der Waals surface area contributed by atoms with Gasteiger partial charge in [-0.05, 0) is 60.9 Å². The molecule has 5 rings (SSSR count). The number of nitrogens with zero attached hydrogens (tertiary/aromatic N) is 4. The zero-order valence-corrected chi connectivity index (χ0v) is 24.8. The summed E-state index contributed by atoms with van der Waals surface area (Å²) >= 11 is 13.1. The highest BCUT2D eigenvalue weighted by atomic mass is 35.5. The summed E-state index contributed by atoms with van der Waals surface area (Å²) in [6, 6.07) is 20.0. The molecule has 0 atom stereocenters. The molecule has 2 fully saturated rings. The number of benzene rings is 2. The van der Waals surface area contributed by atoms with Crippen molar-refractivity contribution >= 4 is 57.7 Å². The highest BCUT2D eigenvalue weighted by Crippen LogP contribution is 2.37. The first kappa shape index (κ1) is 28.2. The third-order valence-corrected chi connectivity index (χ3v) is 9.43. The quantitative estimate of drug-likeness (QED) is 0.257. The van der Waals surface area contributed by atoms with Gasteiger partial charge in [0.25, 0.3) is 11.5 Å². The lowest BCUT2D eigenvalue weighted by molar-refractivity contribution is -0.122. The summed E-state index contributed by atoms with van der Waals surface area (Å²) in [5, 5.41) is 10.4. The molecule has 6 nitrogen and oxygen atoms in total. The fraction of sp³-hybridized carbons (Fsp3) is 0.290. The summed E-state index contributed by atoms with van der Waals surface area (Å²) < 4.78 is 2.00. The van der Waals surface area contributed by atoms with Crippen LogP contribution in [-0.4, -0.2) is 32.8 Å². The first-order chi connectivity index (χ1) is 19.3. The van der Waals surface area contributed by atoms with Gasteiger partial charge in [0.05, 0.1) is 11.4 Å². The molecule has 204 valence electrons. The third kappa shape index (κ3) is 5.60. The number of rotatable bonds is 6. The number of thioether (sulfide) groups is 1. The van der Waals surface area contributed by atoms with E-state index >= 15 is 0 Å². The van der Waals surface area contributed by atoms with Crippen LogP contribution in [0.25, 0.3) is 6.08 Å². The van der Waals surface area contributed by atoms with E-state index in [-0.39, 0.29) is 23.6 Å². The zero-order chi connectivity index (χ0) is 28.4. The molecule has 9 heteroatoms. The highest BCUT2D eigenvalue weighted by molar-refractivity contribution is 8.26. The Morgan fingerprint density at radius 2 is 1.77 bits per heavy atom. The average Bonchev–Trinajstić information content (AvgIpc) is 3.22. The van der Waals surface area contributed by atoms with Crippen molar-refractivity contribution in [3.05, 3.63) is 103 Å². The molecule has 3 heterocycles. The van der Waals surface area contributed by atoms with Gasteiger partial charge in [0, 0.05) is 30.7 Å². The maximum atomic E-state index is 13.5. The number of halogens is 1. The molecular weight excluding hydrogens is 560 g/mol. The Balaban J connectivity index is 1.46. The maximum Gasteiger partial charge on any atom is 0.270 e. The molecule has 1 aromatic heterocycles. The Morgan fingerprint density at radius 1 is 1.10 bits per heavy atom. The normalized spacial score (nSPS) is 17.1. The third-order valence-electron chi connectivity index (χ3n) is 7.68. The molecule has 0 bridgehead atoms. The van der Waals surface area contributed by atoms with Gasteiger partial charge in [-0.15, -0.1) is 0 Å². The van der Waals surface area contributed by atoms with Gasteiger partial charge in [-0.1, -0.05) is 84.1 Å². The Bertz CT molecular complexity index is 1600. The van der Waals surface area contributed by atoms with Crippen molar-refractivity contribution in [3.63, 3.8) is 0 Å². The highest BCUT2D eigenvalue weighted by Gasteiger charge is 2.34. The molecule has 2 aromatic carbocycles. The van der Waals surface area contributed by atoms with Gasteiger partial charge >= 0.3 is 0 Å². The lowest BCUT2D eigenvalue weighted by atomic mass is 9.90. The summed E-state index contributed by atoms with van der Waals surface area (Å²) in [6.45, 7) is 3.62. The Morgan fingerprint density at radius 3 is 2.45 bits per heavy atom. The van der Waals surface area contributed by atoms with Crippen LogP contribution >= 0.6 is 35.6 Å². The van der Waals surface area contributed by atoms with Crippen LogP contribution in [0.3, 0.4) is 0 Å². The number of anilines is 1.